The summed E-state index contributed by atoms with van der Waals surface area (Å²) in [4.78, 5) is 2.79. The zero-order valence-electron chi connectivity index (χ0n) is 18.6. The molecule has 1 saturated carbocycles. The Bertz CT molecular complexity index is 1140. The zero-order chi connectivity index (χ0) is 22.6. The van der Waals surface area contributed by atoms with E-state index in [0.717, 1.165) is 25.8 Å². The molecule has 2 atom stereocenters. The zero-order valence-corrected chi connectivity index (χ0v) is 19.4. The number of nitrogens with one attached hydrogen (secondary N) is 1. The molecule has 5 nitrogen and oxygen atoms in total. The molecule has 6 heteroatoms. The fourth-order valence-electron chi connectivity index (χ4n) is 5.02. The number of benzene rings is 3. The lowest BCUT2D eigenvalue weighted by atomic mass is 9.80. The Balaban J connectivity index is 1.54. The maximum absolute atomic E-state index is 12.3. The minimum Gasteiger partial charge on any atom is -0.395 e. The minimum absolute atomic E-state index is 0.0232. The number of fused-ring (bicyclic) bond motifs is 1. The fourth-order valence-corrected chi connectivity index (χ4v) is 6.04. The third kappa shape index (κ3) is 4.82. The van der Waals surface area contributed by atoms with E-state index < -0.39 is 10.0 Å². The molecular weight excluding hydrogens is 420 g/mol. The summed E-state index contributed by atoms with van der Waals surface area (Å²) in [6.45, 7) is 2.99. The number of aliphatic hydroxyl groups is 1. The number of nitrogens with zero attached hydrogens (tertiary/aromatic N) is 1. The first kappa shape index (κ1) is 22.8. The second-order valence-electron chi connectivity index (χ2n) is 8.49. The maximum atomic E-state index is 12.3. The Morgan fingerprint density at radius 2 is 1.75 bits per heavy atom. The molecule has 1 aliphatic carbocycles. The minimum atomic E-state index is -3.57. The molecule has 4 rings (SSSR count). The summed E-state index contributed by atoms with van der Waals surface area (Å²) in [7, 11) is -3.57. The second-order valence-corrected chi connectivity index (χ2v) is 10.3. The lowest BCUT2D eigenvalue weighted by molar-refractivity contribution is 0.301. The molecule has 0 saturated heterocycles. The van der Waals surface area contributed by atoms with Gasteiger partial charge in [0.2, 0.25) is 10.0 Å². The van der Waals surface area contributed by atoms with Crippen LogP contribution in [0.2, 0.25) is 0 Å². The van der Waals surface area contributed by atoms with E-state index in [1.54, 1.807) is 12.1 Å². The summed E-state index contributed by atoms with van der Waals surface area (Å²) in [6.07, 6.45) is 4.52. The van der Waals surface area contributed by atoms with Gasteiger partial charge in [-0.3, -0.25) is 0 Å². The second kappa shape index (κ2) is 10.0. The summed E-state index contributed by atoms with van der Waals surface area (Å²) < 4.78 is 27.0. The van der Waals surface area contributed by atoms with Gasteiger partial charge in [-0.05, 0) is 61.3 Å². The molecule has 3 aromatic carbocycles. The first-order valence-electron chi connectivity index (χ1n) is 11.5. The van der Waals surface area contributed by atoms with E-state index in [0.29, 0.717) is 12.0 Å². The molecule has 0 aliphatic heterocycles. The average molecular weight is 453 g/mol. The molecule has 2 unspecified atom stereocenters. The van der Waals surface area contributed by atoms with Crippen LogP contribution in [0.4, 0.5) is 5.69 Å². The van der Waals surface area contributed by atoms with Crippen molar-refractivity contribution in [1.29, 1.82) is 0 Å². The Labute approximate surface area is 191 Å². The Morgan fingerprint density at radius 3 is 2.50 bits per heavy atom. The van der Waals surface area contributed by atoms with Crippen molar-refractivity contribution in [2.45, 2.75) is 49.5 Å². The molecule has 1 fully saturated rings. The van der Waals surface area contributed by atoms with Crippen molar-refractivity contribution in [1.82, 2.24) is 4.72 Å². The van der Waals surface area contributed by atoms with Gasteiger partial charge in [0.25, 0.3) is 0 Å². The van der Waals surface area contributed by atoms with E-state index in [9.17, 15) is 8.42 Å². The van der Waals surface area contributed by atoms with Crippen LogP contribution in [0.25, 0.3) is 10.8 Å². The van der Waals surface area contributed by atoms with Crippen LogP contribution in [0.5, 0.6) is 0 Å². The highest BCUT2D eigenvalue weighted by atomic mass is 32.2. The van der Waals surface area contributed by atoms with E-state index >= 15 is 0 Å². The van der Waals surface area contributed by atoms with Crippen LogP contribution in [0.15, 0.2) is 71.6 Å². The van der Waals surface area contributed by atoms with Gasteiger partial charge in [0, 0.05) is 30.2 Å². The van der Waals surface area contributed by atoms with Crippen LogP contribution in [-0.2, 0) is 10.0 Å². The normalized spacial score (nSPS) is 19.2. The first-order valence-corrected chi connectivity index (χ1v) is 13.0. The molecule has 0 radical (unpaired) electrons. The van der Waals surface area contributed by atoms with Gasteiger partial charge in [0.15, 0.2) is 0 Å². The molecule has 170 valence electrons. The van der Waals surface area contributed by atoms with Crippen molar-refractivity contribution in [3.8, 4) is 0 Å². The monoisotopic (exact) mass is 452 g/mol. The number of hydrogen-bond acceptors (Lipinski definition) is 4. The highest BCUT2D eigenvalue weighted by molar-refractivity contribution is 7.89. The van der Waals surface area contributed by atoms with Gasteiger partial charge < -0.3 is 10.0 Å². The van der Waals surface area contributed by atoms with E-state index in [-0.39, 0.29) is 18.0 Å². The first-order chi connectivity index (χ1) is 15.5. The predicted molar refractivity (Wildman–Crippen MR) is 131 cm³/mol. The maximum Gasteiger partial charge on any atom is 0.240 e. The van der Waals surface area contributed by atoms with Gasteiger partial charge in [0.05, 0.1) is 11.5 Å². The van der Waals surface area contributed by atoms with Crippen LogP contribution in [0.3, 0.4) is 0 Å². The highest BCUT2D eigenvalue weighted by Crippen LogP contribution is 2.38. The lowest BCUT2D eigenvalue weighted by Gasteiger charge is -2.39. The number of anilines is 1. The Morgan fingerprint density at radius 1 is 1.00 bits per heavy atom. The van der Waals surface area contributed by atoms with E-state index in [2.05, 4.69) is 59.0 Å². The van der Waals surface area contributed by atoms with Gasteiger partial charge in [-0.2, -0.15) is 0 Å². The Kier molecular flexibility index (Phi) is 7.13. The number of sulfonamides is 1. The van der Waals surface area contributed by atoms with Gasteiger partial charge in [-0.25, -0.2) is 13.1 Å². The Hall–Kier alpha value is -2.41. The van der Waals surface area contributed by atoms with Crippen LogP contribution < -0.4 is 9.62 Å². The molecule has 0 heterocycles. The van der Waals surface area contributed by atoms with Gasteiger partial charge >= 0.3 is 0 Å². The predicted octanol–water partition coefficient (Wildman–Crippen LogP) is 4.66. The van der Waals surface area contributed by atoms with E-state index in [4.69, 9.17) is 5.11 Å². The van der Waals surface area contributed by atoms with Gasteiger partial charge in [0.1, 0.15) is 0 Å². The molecule has 1 aliphatic rings. The van der Waals surface area contributed by atoms with Gasteiger partial charge in [-0.15, -0.1) is 0 Å². The SMILES string of the molecule is CCN(c1cccc2ccccc12)C1CCCC(c2ccc(S(=O)(=O)NCCO)cc2)C1. The quantitative estimate of drug-likeness (QED) is 0.521. The molecule has 32 heavy (non-hydrogen) atoms. The summed E-state index contributed by atoms with van der Waals surface area (Å²) in [5.74, 6) is 0.417. The van der Waals surface area contributed by atoms with Crippen molar-refractivity contribution >= 4 is 26.5 Å². The lowest BCUT2D eigenvalue weighted by Crippen LogP contribution is -2.38. The highest BCUT2D eigenvalue weighted by Gasteiger charge is 2.28. The molecule has 2 N–H and O–H groups in total. The fraction of sp³-hybridized carbons (Fsp3) is 0.385. The number of aliphatic hydroxyl groups excluding tert-OH is 1. The summed E-state index contributed by atoms with van der Waals surface area (Å²) >= 11 is 0. The largest absolute Gasteiger partial charge is 0.395 e. The topological polar surface area (TPSA) is 69.6 Å². The molecule has 3 aromatic rings. The molecule has 0 bridgehead atoms. The van der Waals surface area contributed by atoms with Crippen molar-refractivity contribution in [3.05, 3.63) is 72.3 Å². The number of hydrogen-bond donors (Lipinski definition) is 2. The van der Waals surface area contributed by atoms with Crippen molar-refractivity contribution in [2.75, 3.05) is 24.6 Å². The summed E-state index contributed by atoms with van der Waals surface area (Å²) in [5, 5.41) is 11.5. The van der Waals surface area contributed by atoms with Crippen molar-refractivity contribution < 1.29 is 13.5 Å². The third-order valence-electron chi connectivity index (χ3n) is 6.57. The molecular formula is C26H32N2O3S. The third-order valence-corrected chi connectivity index (χ3v) is 8.05. The number of rotatable bonds is 8. The van der Waals surface area contributed by atoms with E-state index in [1.807, 2.05) is 12.1 Å². The van der Waals surface area contributed by atoms with Crippen molar-refractivity contribution in [3.63, 3.8) is 0 Å². The van der Waals surface area contributed by atoms with Crippen LogP contribution in [0.1, 0.15) is 44.1 Å². The van der Waals surface area contributed by atoms with Crippen molar-refractivity contribution in [2.24, 2.45) is 0 Å². The summed E-state index contributed by atoms with van der Waals surface area (Å²) in [5.41, 5.74) is 2.50. The molecule has 0 spiro atoms. The molecule has 0 amide bonds. The summed E-state index contributed by atoms with van der Waals surface area (Å²) in [6, 6.07) is 22.8. The smallest absolute Gasteiger partial charge is 0.240 e. The van der Waals surface area contributed by atoms with Gasteiger partial charge in [-0.1, -0.05) is 55.0 Å². The average Bonchev–Trinajstić information content (AvgIpc) is 2.84. The van der Waals surface area contributed by atoms with Crippen LogP contribution >= 0.6 is 0 Å². The van der Waals surface area contributed by atoms with Crippen LogP contribution in [0, 0.1) is 0 Å². The van der Waals surface area contributed by atoms with E-state index in [1.165, 1.54) is 28.4 Å². The molecule has 0 aromatic heterocycles. The standard InChI is InChI=1S/C26H32N2O3S/c1-2-28(26-12-6-8-21-7-3-4-11-25(21)26)23-10-5-9-22(19-23)20-13-15-24(16-14-20)32(30,31)27-17-18-29/h3-4,6-8,11-16,22-23,27,29H,2,5,9-10,17-19H2,1H3. The van der Waals surface area contributed by atoms with Crippen LogP contribution in [-0.4, -0.2) is 39.3 Å².